The van der Waals surface area contributed by atoms with Crippen molar-refractivity contribution in [2.75, 3.05) is 0 Å². The van der Waals surface area contributed by atoms with Crippen LogP contribution in [0.5, 0.6) is 0 Å². The van der Waals surface area contributed by atoms with E-state index in [4.69, 9.17) is 0 Å². The molecular formula is C23H29N. The van der Waals surface area contributed by atoms with Gasteiger partial charge in [0.2, 0.25) is 0 Å². The number of aryl methyl sites for hydroxylation is 1. The smallest absolute Gasteiger partial charge is 0.0299 e. The van der Waals surface area contributed by atoms with Gasteiger partial charge in [-0.15, -0.1) is 0 Å². The molecule has 0 saturated carbocycles. The topological polar surface area (TPSA) is 12.4 Å². The molecule has 0 heterocycles. The van der Waals surface area contributed by atoms with Crippen LogP contribution < -0.4 is 0 Å². The maximum Gasteiger partial charge on any atom is 0.0299 e. The van der Waals surface area contributed by atoms with Gasteiger partial charge in [0.15, 0.2) is 0 Å². The van der Waals surface area contributed by atoms with E-state index >= 15 is 0 Å². The molecule has 0 aliphatic carbocycles. The third-order valence-electron chi connectivity index (χ3n) is 4.65. The summed E-state index contributed by atoms with van der Waals surface area (Å²) in [5.74, 6) is 1.05. The summed E-state index contributed by atoms with van der Waals surface area (Å²) in [7, 11) is 0. The number of benzene rings is 2. The summed E-state index contributed by atoms with van der Waals surface area (Å²) >= 11 is 0. The van der Waals surface area contributed by atoms with Crippen molar-refractivity contribution in [3.8, 4) is 0 Å². The molecule has 0 N–H and O–H groups in total. The lowest BCUT2D eigenvalue weighted by atomic mass is 9.84. The first kappa shape index (κ1) is 18.2. The maximum absolute atomic E-state index is 4.28. The molecule has 0 radical (unpaired) electrons. The van der Waals surface area contributed by atoms with Crippen molar-refractivity contribution in [1.29, 1.82) is 0 Å². The minimum Gasteiger partial charge on any atom is -0.269 e. The second kappa shape index (κ2) is 8.63. The molecule has 0 saturated heterocycles. The molecule has 0 aliphatic rings. The first-order chi connectivity index (χ1) is 11.5. The largest absolute Gasteiger partial charge is 0.269 e. The normalized spacial score (nSPS) is 14.8. The summed E-state index contributed by atoms with van der Waals surface area (Å²) in [6.07, 6.45) is 4.93. The summed E-state index contributed by atoms with van der Waals surface area (Å²) < 4.78 is 0. The zero-order valence-electron chi connectivity index (χ0n) is 15.6. The second-order valence-electron chi connectivity index (χ2n) is 6.76. The number of nitrogens with zero attached hydrogens (tertiary/aromatic N) is 1. The Morgan fingerprint density at radius 1 is 1.04 bits per heavy atom. The molecule has 0 bridgehead atoms. The summed E-state index contributed by atoms with van der Waals surface area (Å²) in [4.78, 5) is 4.28. The predicted molar refractivity (Wildman–Crippen MR) is 107 cm³/mol. The molecule has 0 spiro atoms. The van der Waals surface area contributed by atoms with Gasteiger partial charge in [-0.2, -0.15) is 0 Å². The number of rotatable bonds is 6. The molecule has 0 aromatic heterocycles. The van der Waals surface area contributed by atoms with E-state index in [2.05, 4.69) is 81.2 Å². The van der Waals surface area contributed by atoms with E-state index in [1.165, 1.54) is 27.8 Å². The van der Waals surface area contributed by atoms with Gasteiger partial charge in [-0.1, -0.05) is 67.9 Å². The van der Waals surface area contributed by atoms with Gasteiger partial charge in [0, 0.05) is 12.4 Å². The Morgan fingerprint density at radius 3 is 2.50 bits per heavy atom. The first-order valence-electron chi connectivity index (χ1n) is 8.83. The molecule has 24 heavy (non-hydrogen) atoms. The maximum atomic E-state index is 4.28. The van der Waals surface area contributed by atoms with Crippen LogP contribution in [-0.2, 0) is 0 Å². The third kappa shape index (κ3) is 4.67. The second-order valence-corrected chi connectivity index (χ2v) is 6.76. The molecule has 2 rings (SSSR count). The van der Waals surface area contributed by atoms with Crippen LogP contribution in [0.3, 0.4) is 0 Å². The van der Waals surface area contributed by atoms with Gasteiger partial charge in [-0.05, 0) is 61.3 Å². The zero-order valence-corrected chi connectivity index (χ0v) is 15.6. The predicted octanol–water partition coefficient (Wildman–Crippen LogP) is 6.74. The molecule has 0 fully saturated rings. The van der Waals surface area contributed by atoms with Crippen LogP contribution in [0.15, 0.2) is 59.7 Å². The van der Waals surface area contributed by atoms with Crippen LogP contribution in [-0.4, -0.2) is 6.21 Å². The van der Waals surface area contributed by atoms with Crippen molar-refractivity contribution in [2.24, 2.45) is 4.99 Å². The number of hydrogen-bond donors (Lipinski definition) is 0. The Balaban J connectivity index is 2.22. The lowest BCUT2D eigenvalue weighted by molar-refractivity contribution is 0.592. The molecule has 2 aromatic carbocycles. The van der Waals surface area contributed by atoms with Gasteiger partial charge in [0.1, 0.15) is 0 Å². The standard InChI is InChI=1S/C23H29N/c1-6-24-16-20(5)23-13-8-7-12-22(23)19(4)15-18(3)21-11-9-10-17(2)14-21/h6-14,16,18-19H,15H2,1-5H3/b20-16+,24-6-. The quantitative estimate of drug-likeness (QED) is 0.522. The lowest BCUT2D eigenvalue weighted by Crippen LogP contribution is -2.04. The fraction of sp³-hybridized carbons (Fsp3) is 0.348. The van der Waals surface area contributed by atoms with Gasteiger partial charge >= 0.3 is 0 Å². The first-order valence-corrected chi connectivity index (χ1v) is 8.83. The summed E-state index contributed by atoms with van der Waals surface area (Å²) in [5.41, 5.74) is 6.72. The molecule has 126 valence electrons. The van der Waals surface area contributed by atoms with Crippen molar-refractivity contribution < 1.29 is 0 Å². The van der Waals surface area contributed by atoms with Crippen LogP contribution in [0.4, 0.5) is 0 Å². The third-order valence-corrected chi connectivity index (χ3v) is 4.65. The van der Waals surface area contributed by atoms with Crippen molar-refractivity contribution >= 4 is 11.8 Å². The van der Waals surface area contributed by atoms with Crippen molar-refractivity contribution in [1.82, 2.24) is 0 Å². The number of aliphatic imine (C=N–C) groups is 1. The minimum absolute atomic E-state index is 0.505. The number of hydrogen-bond acceptors (Lipinski definition) is 1. The summed E-state index contributed by atoms with van der Waals surface area (Å²) in [6.45, 7) is 10.9. The van der Waals surface area contributed by atoms with Crippen LogP contribution in [0.25, 0.3) is 5.57 Å². The summed E-state index contributed by atoms with van der Waals surface area (Å²) in [6, 6.07) is 17.6. The van der Waals surface area contributed by atoms with E-state index in [1.54, 1.807) is 0 Å². The Morgan fingerprint density at radius 2 is 1.79 bits per heavy atom. The lowest BCUT2D eigenvalue weighted by Gasteiger charge is -2.21. The van der Waals surface area contributed by atoms with Crippen molar-refractivity contribution in [2.45, 2.75) is 52.9 Å². The van der Waals surface area contributed by atoms with Crippen LogP contribution in [0, 0.1) is 6.92 Å². The van der Waals surface area contributed by atoms with E-state index in [9.17, 15) is 0 Å². The van der Waals surface area contributed by atoms with Gasteiger partial charge in [-0.25, -0.2) is 0 Å². The SMILES string of the molecule is C/C=N\C=C(/C)c1ccccc1C(C)CC(C)c1cccc(C)c1. The van der Waals surface area contributed by atoms with Crippen molar-refractivity contribution in [3.63, 3.8) is 0 Å². The molecule has 2 aromatic rings. The fourth-order valence-electron chi connectivity index (χ4n) is 3.31. The molecule has 0 aliphatic heterocycles. The highest BCUT2D eigenvalue weighted by atomic mass is 14.7. The van der Waals surface area contributed by atoms with E-state index in [-0.39, 0.29) is 0 Å². The molecule has 2 atom stereocenters. The average Bonchev–Trinajstić information content (AvgIpc) is 2.59. The Kier molecular flexibility index (Phi) is 6.54. The van der Waals surface area contributed by atoms with E-state index < -0.39 is 0 Å². The average molecular weight is 319 g/mol. The van der Waals surface area contributed by atoms with E-state index in [0.717, 1.165) is 6.42 Å². The van der Waals surface area contributed by atoms with Crippen LogP contribution >= 0.6 is 0 Å². The van der Waals surface area contributed by atoms with Crippen molar-refractivity contribution in [3.05, 3.63) is 77.0 Å². The molecule has 2 unspecified atom stereocenters. The Hall–Kier alpha value is -2.15. The molecule has 0 amide bonds. The van der Waals surface area contributed by atoms with Gasteiger partial charge in [0.05, 0.1) is 0 Å². The van der Waals surface area contributed by atoms with E-state index in [1.807, 2.05) is 19.3 Å². The number of allylic oxidation sites excluding steroid dienone is 1. The van der Waals surface area contributed by atoms with E-state index in [0.29, 0.717) is 11.8 Å². The van der Waals surface area contributed by atoms with Crippen LogP contribution in [0.2, 0.25) is 0 Å². The Labute approximate surface area is 147 Å². The van der Waals surface area contributed by atoms with Crippen LogP contribution in [0.1, 0.15) is 68.2 Å². The van der Waals surface area contributed by atoms with Gasteiger partial charge in [0.25, 0.3) is 0 Å². The fourth-order valence-corrected chi connectivity index (χ4v) is 3.31. The molecule has 1 heteroatoms. The highest BCUT2D eigenvalue weighted by Gasteiger charge is 2.16. The molecule has 1 nitrogen and oxygen atoms in total. The van der Waals surface area contributed by atoms with Gasteiger partial charge in [-0.3, -0.25) is 4.99 Å². The zero-order chi connectivity index (χ0) is 17.5. The summed E-state index contributed by atoms with van der Waals surface area (Å²) in [5, 5.41) is 0. The highest BCUT2D eigenvalue weighted by molar-refractivity contribution is 5.68. The monoisotopic (exact) mass is 319 g/mol. The minimum atomic E-state index is 0.505. The van der Waals surface area contributed by atoms with Gasteiger partial charge < -0.3 is 0 Å². The Bertz CT molecular complexity index is 724. The molecular weight excluding hydrogens is 290 g/mol. The highest BCUT2D eigenvalue weighted by Crippen LogP contribution is 2.33.